The first-order chi connectivity index (χ1) is 9.97. The van der Waals surface area contributed by atoms with Crippen LogP contribution in [0.3, 0.4) is 0 Å². The van der Waals surface area contributed by atoms with E-state index in [-0.39, 0.29) is 5.56 Å². The highest BCUT2D eigenvalue weighted by Gasteiger charge is 2.08. The lowest BCUT2D eigenvalue weighted by molar-refractivity contribution is 0.0696. The standard InChI is InChI=1S/C15H15N3O3/c1-18(13-8-12(14(16)19)6-7-17-13)9-10-2-4-11(5-3-10)15(20)21/h2-8H,9H2,1H3,(H2,16,19)(H,20,21). The summed E-state index contributed by atoms with van der Waals surface area (Å²) < 4.78 is 0. The molecule has 0 fully saturated rings. The molecule has 3 N–H and O–H groups in total. The maximum atomic E-state index is 11.2. The van der Waals surface area contributed by atoms with Gasteiger partial charge in [-0.15, -0.1) is 0 Å². The van der Waals surface area contributed by atoms with Crippen LogP contribution in [0.15, 0.2) is 42.6 Å². The second-order valence-corrected chi connectivity index (χ2v) is 4.63. The van der Waals surface area contributed by atoms with Gasteiger partial charge in [0.2, 0.25) is 5.91 Å². The predicted octanol–water partition coefficient (Wildman–Crippen LogP) is 1.52. The highest BCUT2D eigenvalue weighted by Crippen LogP contribution is 2.14. The van der Waals surface area contributed by atoms with E-state index in [2.05, 4.69) is 4.98 Å². The van der Waals surface area contributed by atoms with Crippen LogP contribution in [0.2, 0.25) is 0 Å². The monoisotopic (exact) mass is 285 g/mol. The lowest BCUT2D eigenvalue weighted by Gasteiger charge is -2.18. The largest absolute Gasteiger partial charge is 0.478 e. The van der Waals surface area contributed by atoms with Gasteiger partial charge in [-0.25, -0.2) is 9.78 Å². The Bertz CT molecular complexity index is 668. The number of amides is 1. The molecule has 108 valence electrons. The Kier molecular flexibility index (Phi) is 4.18. The number of aromatic carboxylic acids is 1. The molecule has 6 nitrogen and oxygen atoms in total. The van der Waals surface area contributed by atoms with Crippen molar-refractivity contribution in [2.75, 3.05) is 11.9 Å². The summed E-state index contributed by atoms with van der Waals surface area (Å²) in [5.74, 6) is -0.836. The molecule has 0 aliphatic rings. The zero-order valence-corrected chi connectivity index (χ0v) is 11.5. The molecule has 0 spiro atoms. The summed E-state index contributed by atoms with van der Waals surface area (Å²) >= 11 is 0. The smallest absolute Gasteiger partial charge is 0.335 e. The van der Waals surface area contributed by atoms with Crippen LogP contribution in [0.1, 0.15) is 26.3 Å². The Morgan fingerprint density at radius 1 is 1.19 bits per heavy atom. The van der Waals surface area contributed by atoms with Crippen molar-refractivity contribution < 1.29 is 14.7 Å². The number of carboxylic acids is 1. The lowest BCUT2D eigenvalue weighted by atomic mass is 10.1. The van der Waals surface area contributed by atoms with Gasteiger partial charge in [0.15, 0.2) is 0 Å². The van der Waals surface area contributed by atoms with E-state index >= 15 is 0 Å². The van der Waals surface area contributed by atoms with Gasteiger partial charge in [0.1, 0.15) is 5.82 Å². The number of benzene rings is 1. The topological polar surface area (TPSA) is 96.5 Å². The molecule has 1 aromatic heterocycles. The second kappa shape index (κ2) is 6.04. The van der Waals surface area contributed by atoms with Gasteiger partial charge in [-0.3, -0.25) is 4.79 Å². The normalized spacial score (nSPS) is 10.1. The highest BCUT2D eigenvalue weighted by molar-refractivity contribution is 5.93. The van der Waals surface area contributed by atoms with E-state index in [1.807, 2.05) is 11.9 Å². The van der Waals surface area contributed by atoms with E-state index in [9.17, 15) is 9.59 Å². The van der Waals surface area contributed by atoms with Crippen LogP contribution in [0.25, 0.3) is 0 Å². The third-order valence-corrected chi connectivity index (χ3v) is 3.04. The summed E-state index contributed by atoms with van der Waals surface area (Å²) in [6.45, 7) is 0.537. The fourth-order valence-corrected chi connectivity index (χ4v) is 1.89. The molecule has 2 rings (SSSR count). The molecule has 1 aromatic carbocycles. The van der Waals surface area contributed by atoms with Crippen molar-refractivity contribution in [1.82, 2.24) is 4.98 Å². The van der Waals surface area contributed by atoms with Gasteiger partial charge in [-0.1, -0.05) is 12.1 Å². The van der Waals surface area contributed by atoms with Crippen LogP contribution in [0, 0.1) is 0 Å². The average molecular weight is 285 g/mol. The molecule has 0 aliphatic heterocycles. The number of rotatable bonds is 5. The average Bonchev–Trinajstić information content (AvgIpc) is 2.48. The van der Waals surface area contributed by atoms with Gasteiger partial charge in [0.25, 0.3) is 0 Å². The first kappa shape index (κ1) is 14.5. The molecule has 21 heavy (non-hydrogen) atoms. The summed E-state index contributed by atoms with van der Waals surface area (Å²) in [6, 6.07) is 9.78. The minimum Gasteiger partial charge on any atom is -0.478 e. The maximum Gasteiger partial charge on any atom is 0.335 e. The first-order valence-electron chi connectivity index (χ1n) is 6.26. The van der Waals surface area contributed by atoms with E-state index in [4.69, 9.17) is 10.8 Å². The maximum absolute atomic E-state index is 11.2. The van der Waals surface area contributed by atoms with E-state index in [0.717, 1.165) is 5.56 Å². The molecule has 0 saturated heterocycles. The highest BCUT2D eigenvalue weighted by atomic mass is 16.4. The van der Waals surface area contributed by atoms with Crippen LogP contribution in [-0.4, -0.2) is 29.0 Å². The molecular formula is C15H15N3O3. The Balaban J connectivity index is 2.13. The van der Waals surface area contributed by atoms with Gasteiger partial charge < -0.3 is 15.7 Å². The molecule has 0 atom stereocenters. The molecule has 2 aromatic rings. The van der Waals surface area contributed by atoms with Crippen LogP contribution in [0.4, 0.5) is 5.82 Å². The molecule has 1 heterocycles. The van der Waals surface area contributed by atoms with Crippen LogP contribution < -0.4 is 10.6 Å². The summed E-state index contributed by atoms with van der Waals surface area (Å²) in [4.78, 5) is 28.0. The quantitative estimate of drug-likeness (QED) is 0.868. The Morgan fingerprint density at radius 3 is 2.43 bits per heavy atom. The number of aromatic nitrogens is 1. The minimum atomic E-state index is -0.953. The fourth-order valence-electron chi connectivity index (χ4n) is 1.89. The molecular weight excluding hydrogens is 270 g/mol. The van der Waals surface area contributed by atoms with Crippen LogP contribution in [-0.2, 0) is 6.54 Å². The molecule has 0 bridgehead atoms. The predicted molar refractivity (Wildman–Crippen MR) is 78.3 cm³/mol. The van der Waals surface area contributed by atoms with Crippen molar-refractivity contribution in [2.45, 2.75) is 6.54 Å². The molecule has 0 radical (unpaired) electrons. The van der Waals surface area contributed by atoms with Gasteiger partial charge >= 0.3 is 5.97 Å². The van der Waals surface area contributed by atoms with Crippen LogP contribution >= 0.6 is 0 Å². The molecule has 1 amide bonds. The number of nitrogens with two attached hydrogens (primary N) is 1. The van der Waals surface area contributed by atoms with Crippen molar-refractivity contribution in [3.05, 3.63) is 59.3 Å². The number of hydrogen-bond acceptors (Lipinski definition) is 4. The number of pyridine rings is 1. The number of anilines is 1. The number of nitrogens with zero attached hydrogens (tertiary/aromatic N) is 2. The third kappa shape index (κ3) is 3.56. The van der Waals surface area contributed by atoms with E-state index in [1.165, 1.54) is 6.20 Å². The summed E-state index contributed by atoms with van der Waals surface area (Å²) in [5, 5.41) is 8.85. The summed E-state index contributed by atoms with van der Waals surface area (Å²) in [5.41, 5.74) is 6.82. The number of hydrogen-bond donors (Lipinski definition) is 2. The Hall–Kier alpha value is -2.89. The van der Waals surface area contributed by atoms with Gasteiger partial charge in [-0.05, 0) is 29.8 Å². The van der Waals surface area contributed by atoms with Crippen molar-refractivity contribution in [2.24, 2.45) is 5.73 Å². The summed E-state index contributed by atoms with van der Waals surface area (Å²) in [6.07, 6.45) is 1.53. The number of carboxylic acid groups (broad SMARTS) is 1. The number of primary amides is 1. The Morgan fingerprint density at radius 2 is 1.86 bits per heavy atom. The zero-order valence-electron chi connectivity index (χ0n) is 11.5. The van der Waals surface area contributed by atoms with E-state index in [1.54, 1.807) is 36.4 Å². The van der Waals surface area contributed by atoms with Crippen molar-refractivity contribution in [3.8, 4) is 0 Å². The number of carbonyl (C=O) groups excluding carboxylic acids is 1. The fraction of sp³-hybridized carbons (Fsp3) is 0.133. The van der Waals surface area contributed by atoms with E-state index in [0.29, 0.717) is 17.9 Å². The van der Waals surface area contributed by atoms with Gasteiger partial charge in [-0.2, -0.15) is 0 Å². The molecule has 0 saturated carbocycles. The van der Waals surface area contributed by atoms with Crippen molar-refractivity contribution in [3.63, 3.8) is 0 Å². The van der Waals surface area contributed by atoms with Crippen LogP contribution in [0.5, 0.6) is 0 Å². The zero-order chi connectivity index (χ0) is 15.4. The lowest BCUT2D eigenvalue weighted by Crippen LogP contribution is -2.19. The first-order valence-corrected chi connectivity index (χ1v) is 6.26. The SMILES string of the molecule is CN(Cc1ccc(C(=O)O)cc1)c1cc(C(N)=O)ccn1. The molecule has 6 heteroatoms. The minimum absolute atomic E-state index is 0.246. The van der Waals surface area contributed by atoms with Gasteiger partial charge in [0, 0.05) is 25.4 Å². The van der Waals surface area contributed by atoms with Crippen molar-refractivity contribution in [1.29, 1.82) is 0 Å². The van der Waals surface area contributed by atoms with Gasteiger partial charge in [0.05, 0.1) is 5.56 Å². The van der Waals surface area contributed by atoms with E-state index < -0.39 is 11.9 Å². The third-order valence-electron chi connectivity index (χ3n) is 3.04. The van der Waals surface area contributed by atoms with Crippen molar-refractivity contribution >= 4 is 17.7 Å². The summed E-state index contributed by atoms with van der Waals surface area (Å²) in [7, 11) is 1.83. The second-order valence-electron chi connectivity index (χ2n) is 4.63. The Labute approximate surface area is 121 Å². The molecule has 0 unspecified atom stereocenters. The molecule has 0 aliphatic carbocycles. The number of carbonyl (C=O) groups is 2.